The SMILES string of the molecule is CC(C)n1cnnc1SCC(=O)c1c(N)n(C2CC2)c(=O)[nH]c1=O. The van der Waals surface area contributed by atoms with Gasteiger partial charge in [-0.15, -0.1) is 10.2 Å². The van der Waals surface area contributed by atoms with Gasteiger partial charge in [0.1, 0.15) is 17.7 Å². The fourth-order valence-corrected chi connectivity index (χ4v) is 3.34. The average Bonchev–Trinajstić information content (AvgIpc) is 3.20. The van der Waals surface area contributed by atoms with Gasteiger partial charge in [0.2, 0.25) is 0 Å². The second-order valence-electron chi connectivity index (χ2n) is 5.95. The van der Waals surface area contributed by atoms with Gasteiger partial charge in [0.05, 0.1) is 5.75 Å². The monoisotopic (exact) mass is 350 g/mol. The molecule has 0 saturated heterocycles. The minimum Gasteiger partial charge on any atom is -0.384 e. The van der Waals surface area contributed by atoms with Crippen molar-refractivity contribution in [1.29, 1.82) is 0 Å². The molecule has 1 aliphatic carbocycles. The topological polar surface area (TPSA) is 129 Å². The van der Waals surface area contributed by atoms with Crippen LogP contribution in [-0.2, 0) is 0 Å². The molecule has 1 saturated carbocycles. The van der Waals surface area contributed by atoms with Crippen molar-refractivity contribution in [3.63, 3.8) is 0 Å². The Kier molecular flexibility index (Phi) is 4.31. The van der Waals surface area contributed by atoms with Gasteiger partial charge in [-0.3, -0.25) is 19.1 Å². The van der Waals surface area contributed by atoms with Crippen molar-refractivity contribution < 1.29 is 4.79 Å². The van der Waals surface area contributed by atoms with E-state index in [1.165, 1.54) is 16.3 Å². The fourth-order valence-electron chi connectivity index (χ4n) is 2.42. The predicted molar refractivity (Wildman–Crippen MR) is 89.5 cm³/mol. The molecule has 0 spiro atoms. The van der Waals surface area contributed by atoms with Gasteiger partial charge in [-0.1, -0.05) is 11.8 Å². The zero-order chi connectivity index (χ0) is 17.4. The van der Waals surface area contributed by atoms with Gasteiger partial charge in [-0.05, 0) is 26.7 Å². The van der Waals surface area contributed by atoms with Crippen LogP contribution in [0, 0.1) is 0 Å². The third-order valence-corrected chi connectivity index (χ3v) is 4.76. The van der Waals surface area contributed by atoms with E-state index in [1.54, 1.807) is 6.33 Å². The Morgan fingerprint density at radius 3 is 2.79 bits per heavy atom. The Hall–Kier alpha value is -2.36. The first kappa shape index (κ1) is 16.5. The second kappa shape index (κ2) is 6.27. The lowest BCUT2D eigenvalue weighted by molar-refractivity contribution is 0.102. The zero-order valence-corrected chi connectivity index (χ0v) is 14.2. The van der Waals surface area contributed by atoms with Gasteiger partial charge in [-0.2, -0.15) is 0 Å². The van der Waals surface area contributed by atoms with E-state index in [9.17, 15) is 14.4 Å². The van der Waals surface area contributed by atoms with Gasteiger partial charge in [0.15, 0.2) is 10.9 Å². The van der Waals surface area contributed by atoms with Crippen LogP contribution in [0.2, 0.25) is 0 Å². The minimum atomic E-state index is -0.745. The van der Waals surface area contributed by atoms with E-state index in [4.69, 9.17) is 5.73 Å². The third kappa shape index (κ3) is 3.01. The number of carbonyl (C=O) groups is 1. The van der Waals surface area contributed by atoms with E-state index in [0.29, 0.717) is 5.16 Å². The maximum Gasteiger partial charge on any atom is 0.330 e. The number of Topliss-reactive ketones (excluding diaryl/α,β-unsaturated/α-hetero) is 1. The highest BCUT2D eigenvalue weighted by atomic mass is 32.2. The van der Waals surface area contributed by atoms with E-state index >= 15 is 0 Å². The molecule has 128 valence electrons. The Morgan fingerprint density at radius 2 is 2.17 bits per heavy atom. The summed E-state index contributed by atoms with van der Waals surface area (Å²) in [6.45, 7) is 3.95. The van der Waals surface area contributed by atoms with Crippen molar-refractivity contribution in [3.8, 4) is 0 Å². The first-order chi connectivity index (χ1) is 11.4. The Balaban J connectivity index is 1.85. The van der Waals surface area contributed by atoms with Crippen LogP contribution in [0.3, 0.4) is 0 Å². The fraction of sp³-hybridized carbons (Fsp3) is 0.500. The number of aromatic nitrogens is 5. The standard InChI is InChI=1S/C14H18N6O3S/c1-7(2)19-6-16-18-14(19)24-5-9(21)10-11(15)20(8-3-4-8)13(23)17-12(10)22/h6-8H,3-5,15H2,1-2H3,(H,17,22,23). The van der Waals surface area contributed by atoms with Crippen molar-refractivity contribution in [1.82, 2.24) is 24.3 Å². The summed E-state index contributed by atoms with van der Waals surface area (Å²) in [6, 6.07) is 0.125. The van der Waals surface area contributed by atoms with Crippen LogP contribution in [0.5, 0.6) is 0 Å². The largest absolute Gasteiger partial charge is 0.384 e. The summed E-state index contributed by atoms with van der Waals surface area (Å²) in [5, 5.41) is 8.39. The van der Waals surface area contributed by atoms with Gasteiger partial charge in [0, 0.05) is 12.1 Å². The lowest BCUT2D eigenvalue weighted by Gasteiger charge is -2.11. The molecule has 1 fully saturated rings. The molecule has 0 unspecified atom stereocenters. The molecule has 3 rings (SSSR count). The lowest BCUT2D eigenvalue weighted by atomic mass is 10.2. The summed E-state index contributed by atoms with van der Waals surface area (Å²) in [5.41, 5.74) is 4.46. The van der Waals surface area contributed by atoms with Crippen LogP contribution < -0.4 is 17.0 Å². The molecule has 9 nitrogen and oxygen atoms in total. The summed E-state index contributed by atoms with van der Waals surface area (Å²) >= 11 is 1.18. The van der Waals surface area contributed by atoms with Crippen LogP contribution in [0.1, 0.15) is 49.1 Å². The number of nitrogens with zero attached hydrogens (tertiary/aromatic N) is 4. The number of nitrogen functional groups attached to an aromatic ring is 1. The number of hydrogen-bond donors (Lipinski definition) is 2. The first-order valence-corrected chi connectivity index (χ1v) is 8.58. The smallest absolute Gasteiger partial charge is 0.330 e. The maximum absolute atomic E-state index is 12.5. The average molecular weight is 350 g/mol. The molecule has 24 heavy (non-hydrogen) atoms. The maximum atomic E-state index is 12.5. The molecule has 0 bridgehead atoms. The second-order valence-corrected chi connectivity index (χ2v) is 6.89. The van der Waals surface area contributed by atoms with E-state index in [0.717, 1.165) is 12.8 Å². The Labute approximate surface area is 141 Å². The molecule has 10 heteroatoms. The summed E-state index contributed by atoms with van der Waals surface area (Å²) in [7, 11) is 0. The van der Waals surface area contributed by atoms with Crippen molar-refractivity contribution in [2.24, 2.45) is 0 Å². The summed E-state index contributed by atoms with van der Waals surface area (Å²) < 4.78 is 3.13. The first-order valence-electron chi connectivity index (χ1n) is 7.60. The van der Waals surface area contributed by atoms with Crippen LogP contribution in [-0.4, -0.2) is 35.9 Å². The minimum absolute atomic E-state index is 0.0123. The molecule has 0 radical (unpaired) electrons. The van der Waals surface area contributed by atoms with E-state index in [2.05, 4.69) is 15.2 Å². The van der Waals surface area contributed by atoms with Crippen LogP contribution in [0.15, 0.2) is 21.1 Å². The van der Waals surface area contributed by atoms with Gasteiger partial charge >= 0.3 is 5.69 Å². The van der Waals surface area contributed by atoms with Crippen molar-refractivity contribution in [2.45, 2.75) is 43.9 Å². The highest BCUT2D eigenvalue weighted by Crippen LogP contribution is 2.35. The molecule has 1 aliphatic rings. The molecule has 0 aromatic carbocycles. The highest BCUT2D eigenvalue weighted by molar-refractivity contribution is 7.99. The van der Waals surface area contributed by atoms with Gasteiger partial charge < -0.3 is 10.3 Å². The lowest BCUT2D eigenvalue weighted by Crippen LogP contribution is -2.36. The third-order valence-electron chi connectivity index (χ3n) is 3.80. The number of thioether (sulfide) groups is 1. The number of aromatic amines is 1. The number of nitrogens with two attached hydrogens (primary N) is 1. The van der Waals surface area contributed by atoms with E-state index in [1.807, 2.05) is 18.4 Å². The summed E-state index contributed by atoms with van der Waals surface area (Å²) in [5.74, 6) is -0.504. The number of nitrogens with one attached hydrogen (secondary N) is 1. The number of ketones is 1. The number of hydrogen-bond acceptors (Lipinski definition) is 7. The van der Waals surface area contributed by atoms with Crippen molar-refractivity contribution >= 4 is 23.4 Å². The van der Waals surface area contributed by atoms with Crippen LogP contribution in [0.25, 0.3) is 0 Å². The Bertz CT molecular complexity index is 893. The Morgan fingerprint density at radius 1 is 1.46 bits per heavy atom. The molecule has 0 atom stereocenters. The van der Waals surface area contributed by atoms with Crippen molar-refractivity contribution in [3.05, 3.63) is 32.7 Å². The van der Waals surface area contributed by atoms with Crippen molar-refractivity contribution in [2.75, 3.05) is 11.5 Å². The predicted octanol–water partition coefficient (Wildman–Crippen LogP) is 0.601. The van der Waals surface area contributed by atoms with Crippen LogP contribution in [0.4, 0.5) is 5.82 Å². The molecule has 3 N–H and O–H groups in total. The van der Waals surface area contributed by atoms with Gasteiger partial charge in [-0.25, -0.2) is 4.79 Å². The number of carbonyl (C=O) groups excluding carboxylic acids is 1. The molecule has 2 aromatic rings. The molecule has 2 aromatic heterocycles. The molecule has 0 amide bonds. The normalized spacial score (nSPS) is 14.3. The highest BCUT2D eigenvalue weighted by Gasteiger charge is 2.30. The zero-order valence-electron chi connectivity index (χ0n) is 13.4. The van der Waals surface area contributed by atoms with E-state index < -0.39 is 17.0 Å². The van der Waals surface area contributed by atoms with E-state index in [-0.39, 0.29) is 29.2 Å². The van der Waals surface area contributed by atoms with Gasteiger partial charge in [0.25, 0.3) is 5.56 Å². The summed E-state index contributed by atoms with van der Waals surface area (Å²) in [4.78, 5) is 38.5. The molecular weight excluding hydrogens is 332 g/mol. The molecule has 0 aliphatic heterocycles. The number of anilines is 1. The molecular formula is C14H18N6O3S. The number of H-pyrrole nitrogens is 1. The quantitative estimate of drug-likeness (QED) is 0.576. The number of rotatable bonds is 6. The summed E-state index contributed by atoms with van der Waals surface area (Å²) in [6.07, 6.45) is 3.22. The molecule has 2 heterocycles. The van der Waals surface area contributed by atoms with Crippen LogP contribution >= 0.6 is 11.8 Å².